The zero-order valence-electron chi connectivity index (χ0n) is 16.2. The maximum absolute atomic E-state index is 12.2. The fourth-order valence-electron chi connectivity index (χ4n) is 2.84. The van der Waals surface area contributed by atoms with Crippen molar-refractivity contribution in [2.45, 2.75) is 47.1 Å². The molecule has 2 aromatic rings. The number of ether oxygens (including phenoxy) is 1. The normalized spacial score (nSPS) is 13.2. The molecule has 0 saturated heterocycles. The molecule has 2 N–H and O–H groups in total. The Morgan fingerprint density at radius 3 is 2.48 bits per heavy atom. The lowest BCUT2D eigenvalue weighted by molar-refractivity contribution is -0.143. The predicted molar refractivity (Wildman–Crippen MR) is 101 cm³/mol. The summed E-state index contributed by atoms with van der Waals surface area (Å²) in [6.07, 6.45) is 0.623. The average molecular weight is 375 g/mol. The van der Waals surface area contributed by atoms with Gasteiger partial charge in [-0.05, 0) is 49.9 Å². The molecule has 2 rings (SSSR count). The molecule has 0 aliphatic carbocycles. The Bertz CT molecular complexity index is 930. The molecule has 1 amide bonds. The van der Waals surface area contributed by atoms with E-state index >= 15 is 0 Å². The van der Waals surface area contributed by atoms with Crippen LogP contribution in [-0.2, 0) is 9.59 Å². The Balaban J connectivity index is 2.26. The molecule has 2 atom stereocenters. The van der Waals surface area contributed by atoms with E-state index in [4.69, 9.17) is 9.15 Å². The zero-order valence-corrected chi connectivity index (χ0v) is 16.2. The monoisotopic (exact) mass is 375 g/mol. The van der Waals surface area contributed by atoms with Crippen molar-refractivity contribution in [2.75, 3.05) is 6.61 Å². The van der Waals surface area contributed by atoms with Crippen molar-refractivity contribution in [1.82, 2.24) is 5.32 Å². The lowest BCUT2D eigenvalue weighted by Gasteiger charge is -2.20. The van der Waals surface area contributed by atoms with E-state index in [2.05, 4.69) is 5.32 Å². The quantitative estimate of drug-likeness (QED) is 0.721. The number of carboxylic acids is 1. The van der Waals surface area contributed by atoms with Crippen LogP contribution in [0.15, 0.2) is 21.3 Å². The number of aryl methyl sites for hydroxylation is 2. The summed E-state index contributed by atoms with van der Waals surface area (Å²) in [6, 6.07) is 2.52. The number of carboxylic acid groups (broad SMARTS) is 1. The molecular weight excluding hydrogens is 350 g/mol. The van der Waals surface area contributed by atoms with E-state index in [0.717, 1.165) is 11.1 Å². The number of aliphatic carboxylic acids is 1. The van der Waals surface area contributed by atoms with E-state index in [1.807, 2.05) is 13.8 Å². The van der Waals surface area contributed by atoms with Gasteiger partial charge in [0.25, 0.3) is 5.91 Å². The van der Waals surface area contributed by atoms with E-state index in [1.54, 1.807) is 32.9 Å². The summed E-state index contributed by atoms with van der Waals surface area (Å²) in [6.45, 7) is 8.57. The number of hydrogen-bond donors (Lipinski definition) is 2. The first kappa shape index (κ1) is 20.5. The lowest BCUT2D eigenvalue weighted by Crippen LogP contribution is -2.46. The third kappa shape index (κ3) is 4.48. The van der Waals surface area contributed by atoms with Crippen molar-refractivity contribution in [3.8, 4) is 5.75 Å². The maximum Gasteiger partial charge on any atom is 0.339 e. The first-order chi connectivity index (χ1) is 12.6. The SMILES string of the molecule is CC[C@H](C)[C@@H](NC(=O)COc1cc(C)cc2oc(=O)c(C)c(C)c12)C(=O)O. The highest BCUT2D eigenvalue weighted by atomic mass is 16.5. The molecule has 1 heterocycles. The van der Waals surface area contributed by atoms with Crippen molar-refractivity contribution in [2.24, 2.45) is 5.92 Å². The first-order valence-electron chi connectivity index (χ1n) is 8.85. The summed E-state index contributed by atoms with van der Waals surface area (Å²) in [7, 11) is 0. The highest BCUT2D eigenvalue weighted by Crippen LogP contribution is 2.30. The van der Waals surface area contributed by atoms with Gasteiger partial charge >= 0.3 is 11.6 Å². The molecule has 0 aliphatic heterocycles. The zero-order chi connectivity index (χ0) is 20.3. The van der Waals surface area contributed by atoms with E-state index in [1.165, 1.54) is 0 Å². The van der Waals surface area contributed by atoms with E-state index in [-0.39, 0.29) is 12.5 Å². The van der Waals surface area contributed by atoms with Gasteiger partial charge in [0.15, 0.2) is 6.61 Å². The number of carbonyl (C=O) groups excluding carboxylic acids is 1. The molecule has 0 radical (unpaired) electrons. The van der Waals surface area contributed by atoms with Crippen molar-refractivity contribution in [3.63, 3.8) is 0 Å². The average Bonchev–Trinajstić information content (AvgIpc) is 2.61. The van der Waals surface area contributed by atoms with Gasteiger partial charge in [-0.15, -0.1) is 0 Å². The van der Waals surface area contributed by atoms with Gasteiger partial charge in [0, 0.05) is 5.56 Å². The second-order valence-corrected chi connectivity index (χ2v) is 6.83. The van der Waals surface area contributed by atoms with Gasteiger partial charge in [-0.3, -0.25) is 4.79 Å². The molecule has 27 heavy (non-hydrogen) atoms. The van der Waals surface area contributed by atoms with Crippen LogP contribution in [0.25, 0.3) is 11.0 Å². The third-order valence-electron chi connectivity index (χ3n) is 4.81. The Kier molecular flexibility index (Phi) is 6.25. The number of fused-ring (bicyclic) bond motifs is 1. The lowest BCUT2D eigenvalue weighted by atomic mass is 9.99. The second-order valence-electron chi connectivity index (χ2n) is 6.83. The molecule has 7 nitrogen and oxygen atoms in total. The predicted octanol–water partition coefficient (Wildman–Crippen LogP) is 2.71. The Morgan fingerprint density at radius 1 is 1.22 bits per heavy atom. The minimum Gasteiger partial charge on any atom is -0.483 e. The summed E-state index contributed by atoms with van der Waals surface area (Å²) in [5, 5.41) is 12.4. The van der Waals surface area contributed by atoms with E-state index in [9.17, 15) is 19.5 Å². The molecule has 146 valence electrons. The van der Waals surface area contributed by atoms with Crippen LogP contribution in [0.1, 0.15) is 37.0 Å². The standard InChI is InChI=1S/C20H25NO6/c1-6-11(3)18(19(23)24)21-16(22)9-26-14-7-10(2)8-15-17(14)12(4)13(5)20(25)27-15/h7-8,11,18H,6,9H2,1-5H3,(H,21,22)(H,23,24)/t11-,18+/m0/s1. The number of benzene rings is 1. The molecule has 1 aromatic heterocycles. The van der Waals surface area contributed by atoms with Crippen LogP contribution >= 0.6 is 0 Å². The summed E-state index contributed by atoms with van der Waals surface area (Å²) in [5.74, 6) is -1.39. The van der Waals surface area contributed by atoms with Crippen molar-refractivity contribution >= 4 is 22.8 Å². The van der Waals surface area contributed by atoms with Crippen molar-refractivity contribution in [1.29, 1.82) is 0 Å². The minimum absolute atomic E-state index is 0.203. The van der Waals surface area contributed by atoms with Crippen molar-refractivity contribution < 1.29 is 23.8 Å². The molecule has 0 bridgehead atoms. The van der Waals surface area contributed by atoms with Gasteiger partial charge in [-0.25, -0.2) is 9.59 Å². The number of nitrogens with one attached hydrogen (secondary N) is 1. The molecule has 0 saturated carbocycles. The van der Waals surface area contributed by atoms with Crippen LogP contribution in [0.4, 0.5) is 0 Å². The van der Waals surface area contributed by atoms with Gasteiger partial charge in [-0.2, -0.15) is 0 Å². The molecule has 0 fully saturated rings. The van der Waals surface area contributed by atoms with Gasteiger partial charge in [-0.1, -0.05) is 20.3 Å². The van der Waals surface area contributed by atoms with Crippen LogP contribution in [0.3, 0.4) is 0 Å². The smallest absolute Gasteiger partial charge is 0.339 e. The summed E-state index contributed by atoms with van der Waals surface area (Å²) >= 11 is 0. The van der Waals surface area contributed by atoms with Crippen LogP contribution in [0, 0.1) is 26.7 Å². The fraction of sp³-hybridized carbons (Fsp3) is 0.450. The number of carbonyl (C=O) groups is 2. The molecule has 0 unspecified atom stereocenters. The van der Waals surface area contributed by atoms with Gasteiger partial charge < -0.3 is 19.6 Å². The second kappa shape index (κ2) is 8.24. The Morgan fingerprint density at radius 2 is 1.89 bits per heavy atom. The summed E-state index contributed by atoms with van der Waals surface area (Å²) < 4.78 is 11.0. The van der Waals surface area contributed by atoms with Crippen LogP contribution < -0.4 is 15.7 Å². The minimum atomic E-state index is -1.08. The maximum atomic E-state index is 12.2. The summed E-state index contributed by atoms with van der Waals surface area (Å²) in [5.41, 5.74) is 1.99. The van der Waals surface area contributed by atoms with E-state index < -0.39 is 23.5 Å². The van der Waals surface area contributed by atoms with Crippen LogP contribution in [0.2, 0.25) is 0 Å². The van der Waals surface area contributed by atoms with Gasteiger partial charge in [0.1, 0.15) is 17.4 Å². The van der Waals surface area contributed by atoms with Gasteiger partial charge in [0.2, 0.25) is 0 Å². The third-order valence-corrected chi connectivity index (χ3v) is 4.81. The summed E-state index contributed by atoms with van der Waals surface area (Å²) in [4.78, 5) is 35.4. The molecule has 1 aromatic carbocycles. The number of rotatable bonds is 7. The molecule has 7 heteroatoms. The topological polar surface area (TPSA) is 106 Å². The van der Waals surface area contributed by atoms with Crippen molar-refractivity contribution in [3.05, 3.63) is 39.2 Å². The molecule has 0 spiro atoms. The van der Waals surface area contributed by atoms with Crippen LogP contribution in [0.5, 0.6) is 5.75 Å². The van der Waals surface area contributed by atoms with E-state index in [0.29, 0.717) is 28.7 Å². The highest BCUT2D eigenvalue weighted by Gasteiger charge is 2.25. The van der Waals surface area contributed by atoms with Gasteiger partial charge in [0.05, 0.1) is 5.39 Å². The number of hydrogen-bond acceptors (Lipinski definition) is 5. The number of amides is 1. The fourth-order valence-corrected chi connectivity index (χ4v) is 2.84. The molecular formula is C20H25NO6. The largest absolute Gasteiger partial charge is 0.483 e. The van der Waals surface area contributed by atoms with Crippen LogP contribution in [-0.4, -0.2) is 29.6 Å². The molecule has 0 aliphatic rings. The highest BCUT2D eigenvalue weighted by molar-refractivity contribution is 5.89. The Hall–Kier alpha value is -2.83. The first-order valence-corrected chi connectivity index (χ1v) is 8.85. The Labute approximate surface area is 157 Å².